The number of primary amides is 1. The van der Waals surface area contributed by atoms with Gasteiger partial charge in [-0.1, -0.05) is 13.8 Å². The maximum atomic E-state index is 11.8. The lowest BCUT2D eigenvalue weighted by Crippen LogP contribution is -2.49. The lowest BCUT2D eigenvalue weighted by Gasteiger charge is -2.35. The van der Waals surface area contributed by atoms with Gasteiger partial charge in [0.05, 0.1) is 11.3 Å². The quantitative estimate of drug-likeness (QED) is 0.863. The van der Waals surface area contributed by atoms with Crippen LogP contribution in [0.25, 0.3) is 0 Å². The van der Waals surface area contributed by atoms with Gasteiger partial charge in [0, 0.05) is 37.4 Å². The summed E-state index contributed by atoms with van der Waals surface area (Å²) in [6.07, 6.45) is 5.06. The predicted molar refractivity (Wildman–Crippen MR) is 81.0 cm³/mol. The van der Waals surface area contributed by atoms with Crippen molar-refractivity contribution in [3.05, 3.63) is 24.0 Å². The summed E-state index contributed by atoms with van der Waals surface area (Å²) in [7, 11) is 0. The molecule has 21 heavy (non-hydrogen) atoms. The number of nitrogens with two attached hydrogens (primary N) is 1. The molecular formula is C15H22N4O2. The summed E-state index contributed by atoms with van der Waals surface area (Å²) in [5, 5.41) is 3.05. The summed E-state index contributed by atoms with van der Waals surface area (Å²) in [5.41, 5.74) is 6.62. The largest absolute Gasteiger partial charge is 0.369 e. The number of amides is 2. The van der Waals surface area contributed by atoms with E-state index in [1.165, 1.54) is 6.20 Å². The first kappa shape index (κ1) is 15.3. The van der Waals surface area contributed by atoms with Gasteiger partial charge >= 0.3 is 0 Å². The third-order valence-electron chi connectivity index (χ3n) is 3.70. The van der Waals surface area contributed by atoms with E-state index in [1.807, 2.05) is 13.8 Å². The smallest absolute Gasteiger partial charge is 0.252 e. The van der Waals surface area contributed by atoms with Gasteiger partial charge in [-0.25, -0.2) is 0 Å². The molecule has 1 aromatic heterocycles. The molecule has 6 nitrogen and oxygen atoms in total. The first-order valence-corrected chi connectivity index (χ1v) is 7.28. The van der Waals surface area contributed by atoms with E-state index < -0.39 is 5.91 Å². The van der Waals surface area contributed by atoms with E-state index >= 15 is 0 Å². The van der Waals surface area contributed by atoms with Gasteiger partial charge in [-0.2, -0.15) is 0 Å². The molecule has 1 aromatic rings. The molecule has 1 saturated heterocycles. The minimum atomic E-state index is -0.480. The Labute approximate surface area is 124 Å². The van der Waals surface area contributed by atoms with Gasteiger partial charge in [0.1, 0.15) is 0 Å². The fraction of sp³-hybridized carbons (Fsp3) is 0.533. The van der Waals surface area contributed by atoms with Crippen molar-refractivity contribution in [2.75, 3.05) is 18.0 Å². The van der Waals surface area contributed by atoms with Crippen molar-refractivity contribution in [3.8, 4) is 0 Å². The van der Waals surface area contributed by atoms with Crippen molar-refractivity contribution < 1.29 is 9.59 Å². The van der Waals surface area contributed by atoms with Crippen molar-refractivity contribution in [2.24, 2.45) is 11.7 Å². The molecule has 1 aliphatic rings. The van der Waals surface area contributed by atoms with E-state index in [4.69, 9.17) is 5.73 Å². The van der Waals surface area contributed by atoms with Gasteiger partial charge in [0.2, 0.25) is 5.91 Å². The van der Waals surface area contributed by atoms with Crippen LogP contribution in [0, 0.1) is 5.92 Å². The normalized spacial score (nSPS) is 18.6. The first-order valence-electron chi connectivity index (χ1n) is 7.28. The van der Waals surface area contributed by atoms with Gasteiger partial charge in [-0.3, -0.25) is 14.6 Å². The Hall–Kier alpha value is -2.11. The second-order valence-corrected chi connectivity index (χ2v) is 5.71. The molecule has 0 aliphatic carbocycles. The van der Waals surface area contributed by atoms with E-state index in [0.29, 0.717) is 12.1 Å². The zero-order valence-electron chi connectivity index (χ0n) is 12.5. The molecule has 0 bridgehead atoms. The third kappa shape index (κ3) is 3.71. The van der Waals surface area contributed by atoms with Crippen LogP contribution in [0.15, 0.2) is 18.5 Å². The number of carbonyl (C=O) groups excluding carboxylic acids is 2. The minimum Gasteiger partial charge on any atom is -0.369 e. The molecule has 1 aliphatic heterocycles. The number of pyridine rings is 1. The molecule has 3 N–H and O–H groups in total. The van der Waals surface area contributed by atoms with Gasteiger partial charge < -0.3 is 16.0 Å². The van der Waals surface area contributed by atoms with Gasteiger partial charge in [0.15, 0.2) is 0 Å². The number of aromatic nitrogens is 1. The molecule has 0 spiro atoms. The number of anilines is 1. The van der Waals surface area contributed by atoms with E-state index in [-0.39, 0.29) is 17.9 Å². The van der Waals surface area contributed by atoms with E-state index in [9.17, 15) is 9.59 Å². The van der Waals surface area contributed by atoms with E-state index in [1.54, 1.807) is 12.3 Å². The maximum Gasteiger partial charge on any atom is 0.252 e. The second kappa shape index (κ2) is 6.56. The van der Waals surface area contributed by atoms with Crippen molar-refractivity contribution in [1.82, 2.24) is 10.3 Å². The molecule has 2 rings (SSSR count). The van der Waals surface area contributed by atoms with Gasteiger partial charge in [-0.15, -0.1) is 0 Å². The molecule has 1 fully saturated rings. The van der Waals surface area contributed by atoms with Crippen molar-refractivity contribution in [3.63, 3.8) is 0 Å². The second-order valence-electron chi connectivity index (χ2n) is 5.71. The van der Waals surface area contributed by atoms with Crippen molar-refractivity contribution >= 4 is 17.5 Å². The fourth-order valence-electron chi connectivity index (χ4n) is 2.53. The van der Waals surface area contributed by atoms with Gasteiger partial charge in [-0.05, 0) is 18.9 Å². The molecule has 0 radical (unpaired) electrons. The Kier molecular flexibility index (Phi) is 4.77. The highest BCUT2D eigenvalue weighted by molar-refractivity contribution is 5.98. The van der Waals surface area contributed by atoms with Crippen LogP contribution in [0.2, 0.25) is 0 Å². The average molecular weight is 290 g/mol. The van der Waals surface area contributed by atoms with Crippen molar-refractivity contribution in [1.29, 1.82) is 0 Å². The van der Waals surface area contributed by atoms with Crippen LogP contribution in [0.1, 0.15) is 37.0 Å². The Morgan fingerprint density at radius 2 is 2.24 bits per heavy atom. The molecular weight excluding hydrogens is 268 g/mol. The highest BCUT2D eigenvalue weighted by Crippen LogP contribution is 2.23. The summed E-state index contributed by atoms with van der Waals surface area (Å²) in [4.78, 5) is 29.4. The van der Waals surface area contributed by atoms with E-state index in [2.05, 4.69) is 15.2 Å². The van der Waals surface area contributed by atoms with Crippen LogP contribution >= 0.6 is 0 Å². The maximum absolute atomic E-state index is 11.8. The Morgan fingerprint density at radius 3 is 2.90 bits per heavy atom. The molecule has 6 heteroatoms. The number of hydrogen-bond donors (Lipinski definition) is 2. The minimum absolute atomic E-state index is 0.0255. The first-order chi connectivity index (χ1) is 9.99. The Bertz CT molecular complexity index is 530. The lowest BCUT2D eigenvalue weighted by atomic mass is 10.0. The molecule has 2 amide bonds. The highest BCUT2D eigenvalue weighted by atomic mass is 16.2. The summed E-state index contributed by atoms with van der Waals surface area (Å²) < 4.78 is 0. The lowest BCUT2D eigenvalue weighted by molar-refractivity contribution is -0.124. The Morgan fingerprint density at radius 1 is 1.48 bits per heavy atom. The predicted octanol–water partition coefficient (Wildman–Crippen LogP) is 0.921. The number of piperidine rings is 1. The zero-order chi connectivity index (χ0) is 15.4. The number of nitrogens with one attached hydrogen (secondary N) is 1. The van der Waals surface area contributed by atoms with Crippen LogP contribution in [0.5, 0.6) is 0 Å². The third-order valence-corrected chi connectivity index (χ3v) is 3.70. The van der Waals surface area contributed by atoms with E-state index in [0.717, 1.165) is 25.1 Å². The molecule has 1 unspecified atom stereocenters. The molecule has 114 valence electrons. The van der Waals surface area contributed by atoms with Crippen LogP contribution in [-0.2, 0) is 4.79 Å². The van der Waals surface area contributed by atoms with Gasteiger partial charge in [0.25, 0.3) is 5.91 Å². The fourth-order valence-corrected chi connectivity index (χ4v) is 2.53. The molecule has 2 heterocycles. The monoisotopic (exact) mass is 290 g/mol. The highest BCUT2D eigenvalue weighted by Gasteiger charge is 2.24. The standard InChI is InChI=1S/C15H22N4O2/c1-10(2)15(21)18-11-4-3-7-19(9-11)13-5-6-17-8-12(13)14(16)20/h5-6,8,10-11H,3-4,7,9H2,1-2H3,(H2,16,20)(H,18,21). The van der Waals surface area contributed by atoms with Crippen LogP contribution < -0.4 is 16.0 Å². The topological polar surface area (TPSA) is 88.3 Å². The summed E-state index contributed by atoms with van der Waals surface area (Å²) in [6.45, 7) is 5.29. The molecule has 1 atom stereocenters. The molecule has 0 aromatic carbocycles. The summed E-state index contributed by atoms with van der Waals surface area (Å²) in [6, 6.07) is 1.90. The SMILES string of the molecule is CC(C)C(=O)NC1CCCN(c2ccncc2C(N)=O)C1. The van der Waals surface area contributed by atoms with Crippen LogP contribution in [0.3, 0.4) is 0 Å². The van der Waals surface area contributed by atoms with Crippen LogP contribution in [-0.4, -0.2) is 35.9 Å². The van der Waals surface area contributed by atoms with Crippen LogP contribution in [0.4, 0.5) is 5.69 Å². The Balaban J connectivity index is 2.11. The average Bonchev–Trinajstić information content (AvgIpc) is 2.47. The number of hydrogen-bond acceptors (Lipinski definition) is 4. The number of nitrogens with zero attached hydrogens (tertiary/aromatic N) is 2. The van der Waals surface area contributed by atoms with Crippen molar-refractivity contribution in [2.45, 2.75) is 32.7 Å². The summed E-state index contributed by atoms with van der Waals surface area (Å²) in [5.74, 6) is -0.444. The molecule has 0 saturated carbocycles. The summed E-state index contributed by atoms with van der Waals surface area (Å²) >= 11 is 0. The number of carbonyl (C=O) groups is 2. The zero-order valence-corrected chi connectivity index (χ0v) is 12.5. The number of rotatable bonds is 4.